The summed E-state index contributed by atoms with van der Waals surface area (Å²) in [7, 11) is 2.23. The predicted octanol–water partition coefficient (Wildman–Crippen LogP) is 3.17. The van der Waals surface area contributed by atoms with E-state index in [1.165, 1.54) is 47.3 Å². The van der Waals surface area contributed by atoms with Gasteiger partial charge in [-0.15, -0.1) is 22.7 Å². The summed E-state index contributed by atoms with van der Waals surface area (Å²) < 4.78 is 0. The highest BCUT2D eigenvalue weighted by Gasteiger charge is 2.24. The van der Waals surface area contributed by atoms with Crippen molar-refractivity contribution in [1.29, 1.82) is 0 Å². The van der Waals surface area contributed by atoms with Crippen molar-refractivity contribution < 1.29 is 0 Å². The molecule has 0 amide bonds. The maximum absolute atomic E-state index is 4.58. The average molecular weight is 337 g/mol. The summed E-state index contributed by atoms with van der Waals surface area (Å²) in [6, 6.07) is 0. The summed E-state index contributed by atoms with van der Waals surface area (Å²) in [5, 5.41) is 3.37. The molecule has 0 N–H and O–H groups in total. The van der Waals surface area contributed by atoms with Crippen LogP contribution in [0, 0.1) is 19.8 Å². The molecule has 0 spiro atoms. The van der Waals surface area contributed by atoms with Gasteiger partial charge in [-0.3, -0.25) is 4.90 Å². The van der Waals surface area contributed by atoms with Crippen LogP contribution in [-0.4, -0.2) is 46.4 Å². The number of rotatable bonds is 6. The highest BCUT2D eigenvalue weighted by Crippen LogP contribution is 2.21. The number of likely N-dealkylation sites (tertiary alicyclic amines) is 1. The molecule has 0 bridgehead atoms. The number of thiazole rings is 2. The van der Waals surface area contributed by atoms with E-state index in [1.54, 1.807) is 22.7 Å². The van der Waals surface area contributed by atoms with Crippen LogP contribution in [0.3, 0.4) is 0 Å². The molecule has 1 unspecified atom stereocenters. The van der Waals surface area contributed by atoms with Gasteiger partial charge in [-0.05, 0) is 39.8 Å². The van der Waals surface area contributed by atoms with E-state index in [4.69, 9.17) is 0 Å². The molecule has 0 saturated carbocycles. The van der Waals surface area contributed by atoms with E-state index in [2.05, 4.69) is 46.0 Å². The molecule has 22 heavy (non-hydrogen) atoms. The van der Waals surface area contributed by atoms with E-state index in [0.29, 0.717) is 0 Å². The van der Waals surface area contributed by atoms with Crippen molar-refractivity contribution in [3.8, 4) is 0 Å². The highest BCUT2D eigenvalue weighted by molar-refractivity contribution is 7.09. The molecule has 1 aliphatic rings. The molecule has 3 rings (SSSR count). The van der Waals surface area contributed by atoms with Crippen molar-refractivity contribution in [3.63, 3.8) is 0 Å². The van der Waals surface area contributed by atoms with E-state index in [1.807, 2.05) is 5.51 Å². The van der Waals surface area contributed by atoms with Crippen molar-refractivity contribution in [2.24, 2.45) is 5.92 Å². The van der Waals surface area contributed by atoms with Gasteiger partial charge in [-0.1, -0.05) is 0 Å². The van der Waals surface area contributed by atoms with Gasteiger partial charge < -0.3 is 4.90 Å². The number of aryl methyl sites for hydroxylation is 2. The first-order valence-corrected chi connectivity index (χ1v) is 9.57. The van der Waals surface area contributed by atoms with Crippen LogP contribution in [0.25, 0.3) is 0 Å². The Kier molecular flexibility index (Phi) is 5.23. The second-order valence-electron chi connectivity index (χ2n) is 6.31. The molecule has 0 aromatic carbocycles. The predicted molar refractivity (Wildman–Crippen MR) is 93.4 cm³/mol. The summed E-state index contributed by atoms with van der Waals surface area (Å²) in [5.41, 5.74) is 4.37. The molecule has 1 atom stereocenters. The smallest absolute Gasteiger partial charge is 0.0897 e. The Morgan fingerprint density at radius 3 is 2.91 bits per heavy atom. The molecule has 1 saturated heterocycles. The molecule has 0 radical (unpaired) electrons. The highest BCUT2D eigenvalue weighted by atomic mass is 32.1. The Labute approximate surface area is 140 Å². The van der Waals surface area contributed by atoms with Crippen molar-refractivity contribution >= 4 is 22.7 Å². The lowest BCUT2D eigenvalue weighted by molar-refractivity contribution is 0.255. The number of hydrogen-bond donors (Lipinski definition) is 0. The molecule has 120 valence electrons. The summed E-state index contributed by atoms with van der Waals surface area (Å²) >= 11 is 3.52. The maximum atomic E-state index is 4.58. The zero-order valence-corrected chi connectivity index (χ0v) is 15.2. The third-order valence-corrected chi connectivity index (χ3v) is 5.99. The zero-order chi connectivity index (χ0) is 15.5. The van der Waals surface area contributed by atoms with Crippen LogP contribution in [0.4, 0.5) is 0 Å². The van der Waals surface area contributed by atoms with E-state index in [0.717, 1.165) is 19.0 Å². The van der Waals surface area contributed by atoms with Crippen molar-refractivity contribution in [2.45, 2.75) is 33.4 Å². The molecule has 2 aromatic heterocycles. The summed E-state index contributed by atoms with van der Waals surface area (Å²) in [6.07, 6.45) is 1.30. The molecular weight excluding hydrogens is 312 g/mol. The maximum Gasteiger partial charge on any atom is 0.0897 e. The van der Waals surface area contributed by atoms with Gasteiger partial charge in [-0.2, -0.15) is 0 Å². The van der Waals surface area contributed by atoms with Crippen LogP contribution in [-0.2, 0) is 13.1 Å². The molecular formula is C16H24N4S2. The lowest BCUT2D eigenvalue weighted by Gasteiger charge is -2.21. The van der Waals surface area contributed by atoms with Crippen LogP contribution < -0.4 is 0 Å². The van der Waals surface area contributed by atoms with Gasteiger partial charge in [-0.25, -0.2) is 9.97 Å². The summed E-state index contributed by atoms with van der Waals surface area (Å²) in [6.45, 7) is 9.79. The fourth-order valence-electron chi connectivity index (χ4n) is 3.14. The molecule has 1 fully saturated rings. The Morgan fingerprint density at radius 1 is 1.36 bits per heavy atom. The van der Waals surface area contributed by atoms with Crippen LogP contribution in [0.2, 0.25) is 0 Å². The quantitative estimate of drug-likeness (QED) is 0.811. The Hall–Kier alpha value is -0.820. The summed E-state index contributed by atoms with van der Waals surface area (Å²) in [4.78, 5) is 15.3. The monoisotopic (exact) mass is 336 g/mol. The number of hydrogen-bond acceptors (Lipinski definition) is 6. The zero-order valence-electron chi connectivity index (χ0n) is 13.6. The first-order chi connectivity index (χ1) is 10.6. The van der Waals surface area contributed by atoms with Crippen LogP contribution >= 0.6 is 22.7 Å². The lowest BCUT2D eigenvalue weighted by Crippen LogP contribution is -2.28. The molecule has 4 nitrogen and oxygen atoms in total. The number of aromatic nitrogens is 2. The normalized spacial score (nSPS) is 19.4. The van der Waals surface area contributed by atoms with Gasteiger partial charge in [0, 0.05) is 36.4 Å². The van der Waals surface area contributed by atoms with E-state index in [9.17, 15) is 0 Å². The van der Waals surface area contributed by atoms with Crippen molar-refractivity contribution in [1.82, 2.24) is 19.8 Å². The topological polar surface area (TPSA) is 32.3 Å². The van der Waals surface area contributed by atoms with Gasteiger partial charge in [0.05, 0.1) is 21.9 Å². The Bertz CT molecular complexity index is 607. The fraction of sp³-hybridized carbons (Fsp3) is 0.625. The lowest BCUT2D eigenvalue weighted by atomic mass is 10.1. The van der Waals surface area contributed by atoms with Crippen LogP contribution in [0.15, 0.2) is 10.9 Å². The van der Waals surface area contributed by atoms with E-state index >= 15 is 0 Å². The van der Waals surface area contributed by atoms with Crippen LogP contribution in [0.1, 0.15) is 27.7 Å². The molecule has 1 aliphatic heterocycles. The number of nitrogens with zero attached hydrogens (tertiary/aromatic N) is 4. The molecule has 0 aliphatic carbocycles. The third-order valence-electron chi connectivity index (χ3n) is 4.25. The van der Waals surface area contributed by atoms with E-state index in [-0.39, 0.29) is 0 Å². The minimum atomic E-state index is 0.776. The van der Waals surface area contributed by atoms with Gasteiger partial charge in [0.25, 0.3) is 0 Å². The van der Waals surface area contributed by atoms with Gasteiger partial charge in [0.1, 0.15) is 0 Å². The van der Waals surface area contributed by atoms with Gasteiger partial charge in [0.15, 0.2) is 0 Å². The standard InChI is InChI=1S/C16H24N4S2/c1-12-16(22-11-17-12)9-19(3)6-14-4-5-20(7-14)8-15-10-21-13(2)18-15/h10-11,14H,4-9H2,1-3H3. The fourth-order valence-corrected chi connectivity index (χ4v) is 4.60. The minimum absolute atomic E-state index is 0.776. The average Bonchev–Trinajstić information content (AvgIpc) is 3.16. The van der Waals surface area contributed by atoms with Crippen molar-refractivity contribution in [3.05, 3.63) is 32.2 Å². The SMILES string of the molecule is Cc1nc(CN2CCC(CN(C)Cc3scnc3C)C2)cs1. The molecule has 3 heterocycles. The second-order valence-corrected chi connectivity index (χ2v) is 8.31. The largest absolute Gasteiger partial charge is 0.301 e. The first-order valence-electron chi connectivity index (χ1n) is 7.81. The third kappa shape index (κ3) is 4.13. The minimum Gasteiger partial charge on any atom is -0.301 e. The molecule has 6 heteroatoms. The Morgan fingerprint density at radius 2 is 2.23 bits per heavy atom. The molecule has 2 aromatic rings. The Balaban J connectivity index is 1.45. The van der Waals surface area contributed by atoms with Gasteiger partial charge >= 0.3 is 0 Å². The van der Waals surface area contributed by atoms with Crippen LogP contribution in [0.5, 0.6) is 0 Å². The first kappa shape index (κ1) is 16.1. The summed E-state index contributed by atoms with van der Waals surface area (Å²) in [5.74, 6) is 0.776. The van der Waals surface area contributed by atoms with E-state index < -0.39 is 0 Å². The van der Waals surface area contributed by atoms with Crippen molar-refractivity contribution in [2.75, 3.05) is 26.7 Å². The van der Waals surface area contributed by atoms with Gasteiger partial charge in [0.2, 0.25) is 0 Å². The second kappa shape index (κ2) is 7.17.